The van der Waals surface area contributed by atoms with Gasteiger partial charge in [-0.1, -0.05) is 0 Å². The lowest BCUT2D eigenvalue weighted by Gasteiger charge is -2.22. The summed E-state index contributed by atoms with van der Waals surface area (Å²) in [5.74, 6) is 0.617. The summed E-state index contributed by atoms with van der Waals surface area (Å²) in [6.07, 6.45) is 0. The second-order valence-corrected chi connectivity index (χ2v) is 4.08. The van der Waals surface area contributed by atoms with Crippen molar-refractivity contribution in [1.82, 2.24) is 10.2 Å². The van der Waals surface area contributed by atoms with Gasteiger partial charge in [-0.3, -0.25) is 10.00 Å². The van der Waals surface area contributed by atoms with Gasteiger partial charge in [0.05, 0.1) is 5.52 Å². The van der Waals surface area contributed by atoms with Crippen LogP contribution in [0.15, 0.2) is 18.2 Å². The molecule has 6 heteroatoms. The normalized spacial score (nSPS) is 11.0. The lowest BCUT2D eigenvalue weighted by atomic mass is 10.2. The van der Waals surface area contributed by atoms with Crippen LogP contribution in [0.4, 0.5) is 10.6 Å². The van der Waals surface area contributed by atoms with Crippen LogP contribution in [-0.4, -0.2) is 27.4 Å². The Bertz CT molecular complexity index is 562. The predicted octanol–water partition coefficient (Wildman–Crippen LogP) is 1.56. The fourth-order valence-corrected chi connectivity index (χ4v) is 1.79. The molecule has 0 aliphatic heterocycles. The first kappa shape index (κ1) is 11.3. The molecule has 4 N–H and O–H groups in total. The van der Waals surface area contributed by atoms with Crippen LogP contribution in [0, 0.1) is 0 Å². The van der Waals surface area contributed by atoms with Crippen molar-refractivity contribution in [2.45, 2.75) is 19.9 Å². The van der Waals surface area contributed by atoms with Crippen LogP contribution in [0.5, 0.6) is 5.75 Å². The molecule has 6 nitrogen and oxygen atoms in total. The minimum Gasteiger partial charge on any atom is -0.508 e. The molecule has 0 saturated heterocycles. The van der Waals surface area contributed by atoms with Crippen LogP contribution < -0.4 is 10.6 Å². The molecule has 0 fully saturated rings. The number of carbonyl (C=O) groups is 1. The van der Waals surface area contributed by atoms with Crippen molar-refractivity contribution in [3.05, 3.63) is 18.2 Å². The van der Waals surface area contributed by atoms with E-state index < -0.39 is 6.03 Å². The largest absolute Gasteiger partial charge is 0.508 e. The van der Waals surface area contributed by atoms with Gasteiger partial charge in [0.25, 0.3) is 0 Å². The molecule has 2 amide bonds. The lowest BCUT2D eigenvalue weighted by Crippen LogP contribution is -2.41. The quantitative estimate of drug-likeness (QED) is 0.735. The molecule has 0 aliphatic rings. The van der Waals surface area contributed by atoms with Crippen LogP contribution in [0.25, 0.3) is 10.9 Å². The second kappa shape index (κ2) is 3.97. The third-order valence-electron chi connectivity index (χ3n) is 2.51. The molecule has 0 saturated carbocycles. The van der Waals surface area contributed by atoms with E-state index in [1.807, 2.05) is 13.8 Å². The lowest BCUT2D eigenvalue weighted by molar-refractivity contribution is 0.252. The minimum atomic E-state index is -0.561. The van der Waals surface area contributed by atoms with Gasteiger partial charge < -0.3 is 10.8 Å². The number of amides is 2. The number of aromatic nitrogens is 2. The number of nitrogens with zero attached hydrogens (tertiary/aromatic N) is 2. The number of hydrogen-bond donors (Lipinski definition) is 3. The smallest absolute Gasteiger partial charge is 0.320 e. The van der Waals surface area contributed by atoms with Crippen molar-refractivity contribution in [1.29, 1.82) is 0 Å². The van der Waals surface area contributed by atoms with Gasteiger partial charge >= 0.3 is 6.03 Å². The number of rotatable bonds is 2. The van der Waals surface area contributed by atoms with Crippen LogP contribution >= 0.6 is 0 Å². The Hall–Kier alpha value is -2.24. The number of benzene rings is 1. The van der Waals surface area contributed by atoms with E-state index in [4.69, 9.17) is 5.73 Å². The molecule has 1 heterocycles. The Morgan fingerprint density at radius 3 is 2.82 bits per heavy atom. The average molecular weight is 234 g/mol. The summed E-state index contributed by atoms with van der Waals surface area (Å²) < 4.78 is 0. The van der Waals surface area contributed by atoms with E-state index in [1.54, 1.807) is 12.1 Å². The number of primary amides is 1. The van der Waals surface area contributed by atoms with Crippen LogP contribution in [0.1, 0.15) is 13.8 Å². The van der Waals surface area contributed by atoms with E-state index >= 15 is 0 Å². The summed E-state index contributed by atoms with van der Waals surface area (Å²) in [5, 5.41) is 16.9. The zero-order valence-corrected chi connectivity index (χ0v) is 9.64. The maximum absolute atomic E-state index is 11.4. The van der Waals surface area contributed by atoms with Crippen molar-refractivity contribution in [2.75, 3.05) is 4.90 Å². The first-order valence-electron chi connectivity index (χ1n) is 5.26. The molecular formula is C11H14N4O2. The molecule has 0 unspecified atom stereocenters. The van der Waals surface area contributed by atoms with Gasteiger partial charge in [-0.15, -0.1) is 0 Å². The fraction of sp³-hybridized carbons (Fsp3) is 0.273. The molecular weight excluding hydrogens is 220 g/mol. The predicted molar refractivity (Wildman–Crippen MR) is 65.0 cm³/mol. The summed E-state index contributed by atoms with van der Waals surface area (Å²) in [4.78, 5) is 12.8. The number of anilines is 1. The molecule has 0 spiro atoms. The molecule has 0 bridgehead atoms. The van der Waals surface area contributed by atoms with E-state index in [0.29, 0.717) is 16.7 Å². The number of carbonyl (C=O) groups excluding carboxylic acids is 1. The van der Waals surface area contributed by atoms with Gasteiger partial charge in [0, 0.05) is 11.4 Å². The Morgan fingerprint density at radius 1 is 1.53 bits per heavy atom. The van der Waals surface area contributed by atoms with E-state index in [0.717, 1.165) is 0 Å². The number of aromatic hydroxyl groups is 1. The van der Waals surface area contributed by atoms with Crippen molar-refractivity contribution >= 4 is 22.8 Å². The van der Waals surface area contributed by atoms with Crippen molar-refractivity contribution in [3.8, 4) is 5.75 Å². The summed E-state index contributed by atoms with van der Waals surface area (Å²) in [6, 6.07) is 4.10. The first-order chi connectivity index (χ1) is 8.00. The van der Waals surface area contributed by atoms with Gasteiger partial charge in [0.1, 0.15) is 11.6 Å². The number of fused-ring (bicyclic) bond motifs is 1. The van der Waals surface area contributed by atoms with Crippen molar-refractivity contribution in [2.24, 2.45) is 5.73 Å². The Morgan fingerprint density at radius 2 is 2.24 bits per heavy atom. The van der Waals surface area contributed by atoms with Gasteiger partial charge in [0.15, 0.2) is 0 Å². The molecule has 1 aromatic carbocycles. The van der Waals surface area contributed by atoms with Crippen molar-refractivity contribution in [3.63, 3.8) is 0 Å². The Labute approximate surface area is 98.0 Å². The van der Waals surface area contributed by atoms with Crippen LogP contribution in [0.3, 0.4) is 0 Å². The van der Waals surface area contributed by atoms with Gasteiger partial charge in [-0.05, 0) is 32.0 Å². The number of nitrogens with two attached hydrogens (primary N) is 1. The number of urea groups is 1. The number of phenolic OH excluding ortho intramolecular Hbond substituents is 1. The Kier molecular flexibility index (Phi) is 2.63. The highest BCUT2D eigenvalue weighted by molar-refractivity contribution is 6.00. The topological polar surface area (TPSA) is 95.2 Å². The van der Waals surface area contributed by atoms with E-state index in [1.165, 1.54) is 11.0 Å². The molecule has 2 aromatic rings. The monoisotopic (exact) mass is 234 g/mol. The summed E-state index contributed by atoms with van der Waals surface area (Å²) in [7, 11) is 0. The second-order valence-electron chi connectivity index (χ2n) is 4.08. The standard InChI is InChI=1S/C11H14N4O2/c1-6(2)15(11(12)17)10-8-5-7(16)3-4-9(8)13-14-10/h3-6,16H,1-2H3,(H2,12,17)(H,13,14). The van der Waals surface area contributed by atoms with Crippen LogP contribution in [-0.2, 0) is 0 Å². The van der Waals surface area contributed by atoms with E-state index in [-0.39, 0.29) is 11.8 Å². The molecule has 0 atom stereocenters. The van der Waals surface area contributed by atoms with E-state index in [9.17, 15) is 9.90 Å². The van der Waals surface area contributed by atoms with E-state index in [2.05, 4.69) is 10.2 Å². The molecule has 1 aromatic heterocycles. The number of phenols is 1. The summed E-state index contributed by atoms with van der Waals surface area (Å²) in [5.41, 5.74) is 6.01. The highest BCUT2D eigenvalue weighted by Crippen LogP contribution is 2.28. The van der Waals surface area contributed by atoms with Crippen LogP contribution in [0.2, 0.25) is 0 Å². The Balaban J connectivity index is 2.61. The maximum atomic E-state index is 11.4. The highest BCUT2D eigenvalue weighted by Gasteiger charge is 2.20. The first-order valence-corrected chi connectivity index (χ1v) is 5.26. The van der Waals surface area contributed by atoms with Crippen molar-refractivity contribution < 1.29 is 9.90 Å². The highest BCUT2D eigenvalue weighted by atomic mass is 16.3. The molecule has 0 aliphatic carbocycles. The zero-order chi connectivity index (χ0) is 12.6. The molecule has 0 radical (unpaired) electrons. The third kappa shape index (κ3) is 1.89. The fourth-order valence-electron chi connectivity index (χ4n) is 1.79. The van der Waals surface area contributed by atoms with Gasteiger partial charge in [-0.2, -0.15) is 5.10 Å². The summed E-state index contributed by atoms with van der Waals surface area (Å²) >= 11 is 0. The maximum Gasteiger partial charge on any atom is 0.320 e. The third-order valence-corrected chi connectivity index (χ3v) is 2.51. The average Bonchev–Trinajstić information content (AvgIpc) is 2.60. The van der Waals surface area contributed by atoms with Gasteiger partial charge in [0.2, 0.25) is 0 Å². The molecule has 17 heavy (non-hydrogen) atoms. The minimum absolute atomic E-state index is 0.0986. The number of nitrogens with one attached hydrogen (secondary N) is 1. The molecule has 90 valence electrons. The SMILES string of the molecule is CC(C)N(C(N)=O)c1[nH]nc2ccc(O)cc12. The number of hydrogen-bond acceptors (Lipinski definition) is 3. The van der Waals surface area contributed by atoms with Gasteiger partial charge in [-0.25, -0.2) is 4.79 Å². The number of H-pyrrole nitrogens is 1. The summed E-state index contributed by atoms with van der Waals surface area (Å²) in [6.45, 7) is 3.69. The zero-order valence-electron chi connectivity index (χ0n) is 9.64. The molecule has 2 rings (SSSR count). The number of aromatic amines is 1.